The maximum absolute atomic E-state index is 12.8. The van der Waals surface area contributed by atoms with Gasteiger partial charge in [0.25, 0.3) is 0 Å². The van der Waals surface area contributed by atoms with Gasteiger partial charge in [0.15, 0.2) is 0 Å². The highest BCUT2D eigenvalue weighted by molar-refractivity contribution is 7.47. The quantitative estimate of drug-likeness (QED) is 0.0161. The topological polar surface area (TPSA) is 192 Å². The fourth-order valence-corrected chi connectivity index (χ4v) is 7.05. The maximum Gasteiger partial charge on any atom is 0.472 e. The summed E-state index contributed by atoms with van der Waals surface area (Å²) in [6, 6.07) is 0. The first-order valence-corrected chi connectivity index (χ1v) is 22.5. The van der Waals surface area contributed by atoms with Gasteiger partial charge >= 0.3 is 13.8 Å². The van der Waals surface area contributed by atoms with Crippen LogP contribution in [0.5, 0.6) is 0 Å². The number of allylic oxidation sites excluding steroid dienone is 8. The minimum absolute atomic E-state index is 0.0867. The van der Waals surface area contributed by atoms with Crippen molar-refractivity contribution in [1.29, 1.82) is 0 Å². The van der Waals surface area contributed by atoms with E-state index in [0.717, 1.165) is 96.3 Å². The lowest BCUT2D eigenvalue weighted by atomic mass is 9.85. The molecule has 0 saturated heterocycles. The molecule has 0 spiro atoms. The van der Waals surface area contributed by atoms with Gasteiger partial charge in [-0.1, -0.05) is 127 Å². The molecule has 1 rings (SSSR count). The largest absolute Gasteiger partial charge is 0.472 e. The number of phosphoric acid groups is 1. The molecular formula is C42H75O12P. The molecule has 1 saturated carbocycles. The van der Waals surface area contributed by atoms with Crippen molar-refractivity contribution in [1.82, 2.24) is 0 Å². The maximum atomic E-state index is 12.8. The standard InChI is InChI=1S/C42H75O12P/c1-3-5-7-9-11-13-15-16-17-18-19-20-21-22-24-26-28-30-32-51-33-35(53-36(43)31-29-27-25-23-14-12-10-8-6-4-2)34-52-55(49,50)54-42-40(47)38(45)37(44)39(46)41(42)48/h5,7-8,10-11,13,16-17,35,37-42,44-48H,3-4,6,9,12,14-15,18-34H2,1-2H3,(H,49,50)/b7-5-,10-8-,13-11-,17-16-. The van der Waals surface area contributed by atoms with Crippen LogP contribution in [0.25, 0.3) is 0 Å². The Kier molecular flexibility index (Phi) is 31.1. The van der Waals surface area contributed by atoms with Crippen molar-refractivity contribution in [3.63, 3.8) is 0 Å². The number of hydrogen-bond acceptors (Lipinski definition) is 11. The summed E-state index contributed by atoms with van der Waals surface area (Å²) in [5.74, 6) is -0.494. The van der Waals surface area contributed by atoms with Gasteiger partial charge < -0.3 is 39.9 Å². The molecule has 12 nitrogen and oxygen atoms in total. The van der Waals surface area contributed by atoms with Crippen LogP contribution in [-0.4, -0.2) is 98.9 Å². The lowest BCUT2D eigenvalue weighted by Crippen LogP contribution is -2.64. The lowest BCUT2D eigenvalue weighted by molar-refractivity contribution is -0.220. The number of phosphoric ester groups is 1. The van der Waals surface area contributed by atoms with Gasteiger partial charge in [-0.2, -0.15) is 0 Å². The summed E-state index contributed by atoms with van der Waals surface area (Å²) >= 11 is 0. The second-order valence-corrected chi connectivity index (χ2v) is 15.9. The van der Waals surface area contributed by atoms with Gasteiger partial charge in [0.1, 0.15) is 42.7 Å². The number of hydrogen-bond donors (Lipinski definition) is 6. The minimum Gasteiger partial charge on any atom is -0.457 e. The summed E-state index contributed by atoms with van der Waals surface area (Å²) in [5, 5.41) is 50.0. The number of aliphatic hydroxyl groups excluding tert-OH is 5. The second-order valence-electron chi connectivity index (χ2n) is 14.5. The number of aliphatic hydroxyl groups is 5. The Hall–Kier alpha value is -1.70. The van der Waals surface area contributed by atoms with Gasteiger partial charge in [-0.3, -0.25) is 13.8 Å². The summed E-state index contributed by atoms with van der Waals surface area (Å²) in [6.45, 7) is 4.03. The van der Waals surface area contributed by atoms with Gasteiger partial charge in [-0.25, -0.2) is 4.57 Å². The first-order valence-electron chi connectivity index (χ1n) is 21.0. The van der Waals surface area contributed by atoms with E-state index in [0.29, 0.717) is 13.0 Å². The van der Waals surface area contributed by atoms with Crippen molar-refractivity contribution in [2.75, 3.05) is 19.8 Å². The molecule has 1 aliphatic carbocycles. The smallest absolute Gasteiger partial charge is 0.457 e. The number of carbonyl (C=O) groups is 1. The molecule has 0 aromatic rings. The van der Waals surface area contributed by atoms with Crippen molar-refractivity contribution in [3.05, 3.63) is 48.6 Å². The fourth-order valence-electron chi connectivity index (χ4n) is 6.08. The molecular weight excluding hydrogens is 727 g/mol. The Bertz CT molecular complexity index is 1100. The number of unbranched alkanes of at least 4 members (excludes halogenated alkanes) is 14. The molecule has 6 N–H and O–H groups in total. The Labute approximate surface area is 331 Å². The molecule has 6 unspecified atom stereocenters. The third-order valence-electron chi connectivity index (χ3n) is 9.42. The van der Waals surface area contributed by atoms with Crippen LogP contribution in [0.1, 0.15) is 149 Å². The molecule has 0 heterocycles. The van der Waals surface area contributed by atoms with Gasteiger partial charge in [0.05, 0.1) is 13.2 Å². The van der Waals surface area contributed by atoms with Crippen LogP contribution in [0.2, 0.25) is 0 Å². The summed E-state index contributed by atoms with van der Waals surface area (Å²) in [4.78, 5) is 23.0. The van der Waals surface area contributed by atoms with E-state index in [1.807, 2.05) is 0 Å². The SMILES string of the molecule is CC/C=C\C/C=C\C/C=C\CCCCCCCCCCOCC(COP(=O)(O)OC1C(O)C(O)C(O)C(O)C1O)OC(=O)CCCCCCC/C=C\CCC. The van der Waals surface area contributed by atoms with Gasteiger partial charge in [0, 0.05) is 13.0 Å². The van der Waals surface area contributed by atoms with Crippen LogP contribution in [0.4, 0.5) is 0 Å². The molecule has 13 heteroatoms. The molecule has 0 amide bonds. The fraction of sp³-hybridized carbons (Fsp3) is 0.786. The first-order chi connectivity index (χ1) is 26.5. The monoisotopic (exact) mass is 802 g/mol. The van der Waals surface area contributed by atoms with Gasteiger partial charge in [-0.15, -0.1) is 0 Å². The molecule has 1 aliphatic rings. The van der Waals surface area contributed by atoms with Crippen molar-refractivity contribution >= 4 is 13.8 Å². The molecule has 320 valence electrons. The number of carbonyl (C=O) groups excluding carboxylic acids is 1. The normalized spacial score (nSPS) is 23.7. The Balaban J connectivity index is 2.41. The van der Waals surface area contributed by atoms with Crippen molar-refractivity contribution in [3.8, 4) is 0 Å². The van der Waals surface area contributed by atoms with E-state index in [1.165, 1.54) is 25.7 Å². The zero-order valence-corrected chi connectivity index (χ0v) is 34.6. The summed E-state index contributed by atoms with van der Waals surface area (Å²) in [6.07, 6.45) is 26.2. The number of rotatable bonds is 34. The molecule has 6 atom stereocenters. The van der Waals surface area contributed by atoms with Crippen molar-refractivity contribution < 1.29 is 58.3 Å². The van der Waals surface area contributed by atoms with E-state index in [4.69, 9.17) is 18.5 Å². The van der Waals surface area contributed by atoms with Crippen LogP contribution < -0.4 is 0 Å². The van der Waals surface area contributed by atoms with E-state index < -0.39 is 63.1 Å². The molecule has 1 fully saturated rings. The molecule has 0 aliphatic heterocycles. The van der Waals surface area contributed by atoms with Crippen LogP contribution >= 0.6 is 7.82 Å². The highest BCUT2D eigenvalue weighted by Crippen LogP contribution is 2.47. The predicted octanol–water partition coefficient (Wildman–Crippen LogP) is 7.69. The van der Waals surface area contributed by atoms with Crippen LogP contribution in [0, 0.1) is 0 Å². The van der Waals surface area contributed by atoms with Gasteiger partial charge in [-0.05, 0) is 64.2 Å². The second kappa shape index (κ2) is 33.3. The Morgan fingerprint density at radius 2 is 1.07 bits per heavy atom. The van der Waals surface area contributed by atoms with Crippen molar-refractivity contribution in [2.45, 2.75) is 191 Å². The third-order valence-corrected chi connectivity index (χ3v) is 10.4. The average molecular weight is 803 g/mol. The first kappa shape index (κ1) is 51.3. The van der Waals surface area contributed by atoms with Crippen LogP contribution in [0.3, 0.4) is 0 Å². The average Bonchev–Trinajstić information content (AvgIpc) is 3.17. The zero-order valence-electron chi connectivity index (χ0n) is 33.7. The van der Waals surface area contributed by atoms with E-state index in [1.54, 1.807) is 0 Å². The third kappa shape index (κ3) is 26.0. The van der Waals surface area contributed by atoms with E-state index in [9.17, 15) is 39.8 Å². The van der Waals surface area contributed by atoms with Gasteiger partial charge in [0.2, 0.25) is 0 Å². The zero-order chi connectivity index (χ0) is 40.6. The van der Waals surface area contributed by atoms with E-state index in [-0.39, 0.29) is 13.0 Å². The number of ether oxygens (including phenoxy) is 2. The number of esters is 1. The molecule has 0 bridgehead atoms. The van der Waals surface area contributed by atoms with E-state index >= 15 is 0 Å². The summed E-state index contributed by atoms with van der Waals surface area (Å²) in [5.41, 5.74) is 0. The highest BCUT2D eigenvalue weighted by atomic mass is 31.2. The van der Waals surface area contributed by atoms with Crippen LogP contribution in [0.15, 0.2) is 48.6 Å². The molecule has 0 radical (unpaired) electrons. The Morgan fingerprint density at radius 3 is 1.65 bits per heavy atom. The Morgan fingerprint density at radius 1 is 0.600 bits per heavy atom. The predicted molar refractivity (Wildman–Crippen MR) is 216 cm³/mol. The highest BCUT2D eigenvalue weighted by Gasteiger charge is 2.51. The van der Waals surface area contributed by atoms with E-state index in [2.05, 4.69) is 62.5 Å². The molecule has 0 aromatic heterocycles. The molecule has 0 aromatic carbocycles. The molecule has 55 heavy (non-hydrogen) atoms. The lowest BCUT2D eigenvalue weighted by Gasteiger charge is -2.41. The van der Waals surface area contributed by atoms with Crippen LogP contribution in [-0.2, 0) is 27.9 Å². The van der Waals surface area contributed by atoms with Crippen molar-refractivity contribution in [2.24, 2.45) is 0 Å². The minimum atomic E-state index is -5.02. The summed E-state index contributed by atoms with van der Waals surface area (Å²) in [7, 11) is -5.02. The summed E-state index contributed by atoms with van der Waals surface area (Å²) < 4.78 is 34.0.